The number of nitrogens with zero attached hydrogens (tertiary/aromatic N) is 1. The van der Waals surface area contributed by atoms with Gasteiger partial charge in [0.1, 0.15) is 6.61 Å². The fraction of sp³-hybridized carbons (Fsp3) is 0.767. The first-order chi connectivity index (χ1) is 19.1. The van der Waals surface area contributed by atoms with Crippen LogP contribution in [0, 0.1) is 5.92 Å². The fourth-order valence-corrected chi connectivity index (χ4v) is 6.66. The second-order valence-corrected chi connectivity index (χ2v) is 10.9. The van der Waals surface area contributed by atoms with Gasteiger partial charge >= 0.3 is 0 Å². The van der Waals surface area contributed by atoms with Gasteiger partial charge < -0.3 is 38.6 Å². The molecule has 1 heterocycles. The minimum Gasteiger partial charge on any atom is -0.382 e. The van der Waals surface area contributed by atoms with Crippen LogP contribution >= 0.6 is 0 Å². The van der Waals surface area contributed by atoms with Crippen LogP contribution in [0.2, 0.25) is 0 Å². The Balaban J connectivity index is 1.07. The third-order valence-electron chi connectivity index (χ3n) is 8.55. The van der Waals surface area contributed by atoms with Gasteiger partial charge in [-0.15, -0.1) is 0 Å². The molecule has 2 fully saturated rings. The molecule has 0 unspecified atom stereocenters. The van der Waals surface area contributed by atoms with Crippen LogP contribution < -0.4 is 5.32 Å². The second kappa shape index (κ2) is 16.0. The van der Waals surface area contributed by atoms with Crippen molar-refractivity contribution in [2.75, 3.05) is 98.7 Å². The van der Waals surface area contributed by atoms with Crippen LogP contribution in [0.4, 0.5) is 5.69 Å². The number of rotatable bonds is 18. The van der Waals surface area contributed by atoms with Crippen molar-refractivity contribution in [3.05, 3.63) is 29.3 Å². The standard InChI is InChI=1S/C30H48N2O7/c1-32-10-9-30-8-4-3-5-26(30)28(32)21-24-6-7-25(22-27(24)30)31-29(33)23-39-20-19-38-18-17-37-16-15-36-14-13-35-12-11-34-2/h6-7,22,26,28H,3-5,8-21,23H2,1-2H3,(H,31,33)/t26-,28+,30+/m0/s1. The van der Waals surface area contributed by atoms with E-state index in [-0.39, 0.29) is 17.9 Å². The molecule has 1 N–H and O–H groups in total. The Bertz CT molecular complexity index is 885. The van der Waals surface area contributed by atoms with Crippen LogP contribution in [0.25, 0.3) is 0 Å². The molecule has 1 aromatic rings. The number of ether oxygens (including phenoxy) is 6. The van der Waals surface area contributed by atoms with E-state index < -0.39 is 0 Å². The van der Waals surface area contributed by atoms with E-state index in [9.17, 15) is 4.79 Å². The quantitative estimate of drug-likeness (QED) is 0.280. The summed E-state index contributed by atoms with van der Waals surface area (Å²) in [6, 6.07) is 7.21. The van der Waals surface area contributed by atoms with Gasteiger partial charge in [-0.2, -0.15) is 0 Å². The molecule has 1 aliphatic heterocycles. The summed E-state index contributed by atoms with van der Waals surface area (Å²) in [5.41, 5.74) is 4.13. The Morgan fingerprint density at radius 2 is 1.54 bits per heavy atom. The summed E-state index contributed by atoms with van der Waals surface area (Å²) in [7, 11) is 3.94. The zero-order valence-corrected chi connectivity index (χ0v) is 23.9. The van der Waals surface area contributed by atoms with Crippen molar-refractivity contribution in [1.29, 1.82) is 0 Å². The number of carbonyl (C=O) groups is 1. The highest BCUT2D eigenvalue weighted by Crippen LogP contribution is 2.55. The topological polar surface area (TPSA) is 87.7 Å². The van der Waals surface area contributed by atoms with Crippen molar-refractivity contribution < 1.29 is 33.2 Å². The van der Waals surface area contributed by atoms with E-state index in [0.717, 1.165) is 18.0 Å². The molecule has 9 heteroatoms. The van der Waals surface area contributed by atoms with E-state index in [0.29, 0.717) is 72.1 Å². The summed E-state index contributed by atoms with van der Waals surface area (Å²) in [4.78, 5) is 15.1. The second-order valence-electron chi connectivity index (χ2n) is 10.9. The van der Waals surface area contributed by atoms with E-state index in [4.69, 9.17) is 28.4 Å². The van der Waals surface area contributed by atoms with Crippen molar-refractivity contribution >= 4 is 11.6 Å². The Morgan fingerprint density at radius 1 is 0.897 bits per heavy atom. The first-order valence-corrected chi connectivity index (χ1v) is 14.7. The monoisotopic (exact) mass is 548 g/mol. The molecule has 39 heavy (non-hydrogen) atoms. The van der Waals surface area contributed by atoms with Gasteiger partial charge in [0.25, 0.3) is 0 Å². The molecule has 2 aliphatic carbocycles. The summed E-state index contributed by atoms with van der Waals surface area (Å²) >= 11 is 0. The van der Waals surface area contributed by atoms with Gasteiger partial charge in [0.05, 0.1) is 66.1 Å². The molecule has 1 amide bonds. The average molecular weight is 549 g/mol. The normalized spacial score (nSPS) is 24.3. The summed E-state index contributed by atoms with van der Waals surface area (Å²) in [5, 5.41) is 3.06. The van der Waals surface area contributed by atoms with Gasteiger partial charge in [-0.3, -0.25) is 4.79 Å². The maximum absolute atomic E-state index is 12.5. The van der Waals surface area contributed by atoms with E-state index in [1.165, 1.54) is 49.8 Å². The van der Waals surface area contributed by atoms with Gasteiger partial charge in [0, 0.05) is 24.3 Å². The number of likely N-dealkylation sites (tertiary alicyclic amines) is 1. The van der Waals surface area contributed by atoms with Crippen LogP contribution in [0.3, 0.4) is 0 Å². The molecule has 1 aromatic carbocycles. The van der Waals surface area contributed by atoms with Crippen molar-refractivity contribution in [2.45, 2.75) is 50.0 Å². The highest BCUT2D eigenvalue weighted by molar-refractivity contribution is 5.91. The highest BCUT2D eigenvalue weighted by atomic mass is 16.6. The molecule has 0 spiro atoms. The van der Waals surface area contributed by atoms with E-state index in [1.807, 2.05) is 0 Å². The molecule has 220 valence electrons. The molecular weight excluding hydrogens is 500 g/mol. The van der Waals surface area contributed by atoms with E-state index in [1.54, 1.807) is 7.11 Å². The Kier molecular flexibility index (Phi) is 12.5. The maximum Gasteiger partial charge on any atom is 0.250 e. The van der Waals surface area contributed by atoms with Gasteiger partial charge in [-0.05, 0) is 68.5 Å². The lowest BCUT2D eigenvalue weighted by Gasteiger charge is -2.58. The van der Waals surface area contributed by atoms with Crippen LogP contribution in [0.5, 0.6) is 0 Å². The Labute approximate surface area is 233 Å². The SMILES string of the molecule is COCCOCCOCCOCCOCCOCC(=O)Nc1ccc2c(c1)[C@@]13CCCC[C@H]1[C@@H](C2)N(C)CC3. The largest absolute Gasteiger partial charge is 0.382 e. The number of carbonyl (C=O) groups excluding carboxylic acids is 1. The third kappa shape index (κ3) is 8.45. The van der Waals surface area contributed by atoms with Crippen molar-refractivity contribution in [1.82, 2.24) is 4.90 Å². The lowest BCUT2D eigenvalue weighted by Crippen LogP contribution is -2.59. The molecule has 3 aliphatic rings. The molecule has 9 nitrogen and oxygen atoms in total. The van der Waals surface area contributed by atoms with Gasteiger partial charge in [0.15, 0.2) is 0 Å². The summed E-state index contributed by atoms with van der Waals surface area (Å²) in [6.07, 6.45) is 7.61. The molecular formula is C30H48N2O7. The zero-order valence-electron chi connectivity index (χ0n) is 23.9. The van der Waals surface area contributed by atoms with E-state index >= 15 is 0 Å². The number of hydrogen-bond acceptors (Lipinski definition) is 8. The minimum absolute atomic E-state index is 0.0180. The van der Waals surface area contributed by atoms with Crippen LogP contribution in [-0.4, -0.2) is 110 Å². The van der Waals surface area contributed by atoms with Crippen molar-refractivity contribution in [3.63, 3.8) is 0 Å². The molecule has 1 saturated carbocycles. The first-order valence-electron chi connectivity index (χ1n) is 14.7. The number of piperidine rings is 1. The molecule has 0 aromatic heterocycles. The number of hydrogen-bond donors (Lipinski definition) is 1. The van der Waals surface area contributed by atoms with E-state index in [2.05, 4.69) is 35.5 Å². The molecule has 3 atom stereocenters. The Morgan fingerprint density at radius 3 is 2.21 bits per heavy atom. The number of methoxy groups -OCH3 is 1. The maximum atomic E-state index is 12.5. The number of benzene rings is 1. The summed E-state index contributed by atoms with van der Waals surface area (Å²) < 4.78 is 32.2. The third-order valence-corrected chi connectivity index (χ3v) is 8.55. The minimum atomic E-state index is -0.128. The molecule has 1 saturated heterocycles. The van der Waals surface area contributed by atoms with Gasteiger partial charge in [0.2, 0.25) is 5.91 Å². The van der Waals surface area contributed by atoms with Crippen LogP contribution in [-0.2, 0) is 45.1 Å². The average Bonchev–Trinajstić information content (AvgIpc) is 2.95. The van der Waals surface area contributed by atoms with Gasteiger partial charge in [-0.25, -0.2) is 0 Å². The predicted molar refractivity (Wildman–Crippen MR) is 149 cm³/mol. The fourth-order valence-electron chi connectivity index (χ4n) is 6.66. The van der Waals surface area contributed by atoms with Crippen LogP contribution in [0.1, 0.15) is 43.2 Å². The number of likely N-dealkylation sites (N-methyl/N-ethyl adjacent to an activating group) is 1. The lowest BCUT2D eigenvalue weighted by molar-refractivity contribution is -0.121. The van der Waals surface area contributed by atoms with Crippen molar-refractivity contribution in [2.24, 2.45) is 5.92 Å². The summed E-state index contributed by atoms with van der Waals surface area (Å²) in [5.74, 6) is 0.610. The lowest BCUT2D eigenvalue weighted by atomic mass is 9.52. The number of fused-ring (bicyclic) bond motifs is 1. The highest BCUT2D eigenvalue weighted by Gasteiger charge is 2.53. The first kappa shape index (κ1) is 30.4. The molecule has 0 radical (unpaired) electrons. The predicted octanol–water partition coefficient (Wildman–Crippen LogP) is 3.04. The molecule has 2 bridgehead atoms. The number of amides is 1. The zero-order chi connectivity index (χ0) is 27.3. The van der Waals surface area contributed by atoms with Crippen molar-refractivity contribution in [3.8, 4) is 0 Å². The van der Waals surface area contributed by atoms with Gasteiger partial charge in [-0.1, -0.05) is 18.9 Å². The Hall–Kier alpha value is -1.59. The smallest absolute Gasteiger partial charge is 0.250 e. The number of nitrogens with one attached hydrogen (secondary N) is 1. The summed E-state index contributed by atoms with van der Waals surface area (Å²) in [6.45, 7) is 6.24. The number of anilines is 1. The molecule has 4 rings (SSSR count). The van der Waals surface area contributed by atoms with Crippen LogP contribution in [0.15, 0.2) is 18.2 Å².